The third-order valence-corrected chi connectivity index (χ3v) is 2.75. The molecule has 5 heteroatoms. The molecule has 2 heterocycles. The van der Waals surface area contributed by atoms with Gasteiger partial charge in [0.1, 0.15) is 6.33 Å². The Morgan fingerprint density at radius 2 is 2.12 bits per heavy atom. The lowest BCUT2D eigenvalue weighted by molar-refractivity contribution is 0.545. The van der Waals surface area contributed by atoms with E-state index in [4.69, 9.17) is 0 Å². The molecule has 1 N–H and O–H groups in total. The first-order valence-electron chi connectivity index (χ1n) is 5.78. The lowest BCUT2D eigenvalue weighted by Crippen LogP contribution is -2.44. The molecule has 1 aliphatic rings. The highest BCUT2D eigenvalue weighted by molar-refractivity contribution is 5.41. The molecule has 0 unspecified atom stereocenters. The van der Waals surface area contributed by atoms with Crippen LogP contribution in [-0.2, 0) is 6.42 Å². The molecule has 1 aromatic heterocycles. The van der Waals surface area contributed by atoms with E-state index in [1.54, 1.807) is 0 Å². The maximum absolute atomic E-state index is 14.1. The van der Waals surface area contributed by atoms with E-state index in [0.717, 1.165) is 32.6 Å². The Balaban J connectivity index is 2.22. The van der Waals surface area contributed by atoms with Gasteiger partial charge in [-0.2, -0.15) is 0 Å². The first-order valence-corrected chi connectivity index (χ1v) is 5.78. The fraction of sp³-hybridized carbons (Fsp3) is 0.636. The average Bonchev–Trinajstić information content (AvgIpc) is 2.33. The molecule has 1 fully saturated rings. The molecule has 16 heavy (non-hydrogen) atoms. The van der Waals surface area contributed by atoms with E-state index in [9.17, 15) is 4.39 Å². The van der Waals surface area contributed by atoms with Gasteiger partial charge in [0.25, 0.3) is 0 Å². The van der Waals surface area contributed by atoms with Crippen LogP contribution in [0.3, 0.4) is 0 Å². The van der Waals surface area contributed by atoms with Crippen molar-refractivity contribution in [2.75, 3.05) is 31.1 Å². The fourth-order valence-electron chi connectivity index (χ4n) is 1.90. The Hall–Kier alpha value is -1.23. The van der Waals surface area contributed by atoms with E-state index >= 15 is 0 Å². The molecular formula is C11H17FN4. The van der Waals surface area contributed by atoms with Gasteiger partial charge in [0, 0.05) is 26.2 Å². The molecule has 0 atom stereocenters. The molecule has 0 spiro atoms. The molecule has 0 saturated carbocycles. The number of anilines is 1. The summed E-state index contributed by atoms with van der Waals surface area (Å²) in [5.41, 5.74) is 0.533. The topological polar surface area (TPSA) is 41.1 Å². The number of rotatable bonds is 3. The summed E-state index contributed by atoms with van der Waals surface area (Å²) in [4.78, 5) is 10.0. The fourth-order valence-corrected chi connectivity index (χ4v) is 1.90. The molecule has 2 rings (SSSR count). The van der Waals surface area contributed by atoms with Crippen LogP contribution in [0.15, 0.2) is 6.33 Å². The Labute approximate surface area is 94.9 Å². The molecule has 0 radical (unpaired) electrons. The summed E-state index contributed by atoms with van der Waals surface area (Å²) in [5, 5.41) is 3.24. The second kappa shape index (κ2) is 5.21. The summed E-state index contributed by atoms with van der Waals surface area (Å²) in [6.07, 6.45) is 3.04. The van der Waals surface area contributed by atoms with E-state index in [1.165, 1.54) is 6.33 Å². The molecule has 88 valence electrons. The number of aryl methyl sites for hydroxylation is 1. The zero-order valence-electron chi connectivity index (χ0n) is 9.54. The van der Waals surface area contributed by atoms with Crippen molar-refractivity contribution >= 4 is 5.82 Å². The summed E-state index contributed by atoms with van der Waals surface area (Å²) in [7, 11) is 0. The van der Waals surface area contributed by atoms with Crippen molar-refractivity contribution in [3.8, 4) is 0 Å². The van der Waals surface area contributed by atoms with Crippen LogP contribution >= 0.6 is 0 Å². The van der Waals surface area contributed by atoms with Crippen molar-refractivity contribution in [2.45, 2.75) is 19.8 Å². The Morgan fingerprint density at radius 1 is 1.38 bits per heavy atom. The SMILES string of the molecule is CCCc1ncnc(N2CCNCC2)c1F. The van der Waals surface area contributed by atoms with Gasteiger partial charge in [-0.25, -0.2) is 14.4 Å². The second-order valence-electron chi connectivity index (χ2n) is 3.95. The molecule has 1 aromatic rings. The zero-order chi connectivity index (χ0) is 11.4. The summed E-state index contributed by atoms with van der Waals surface area (Å²) >= 11 is 0. The summed E-state index contributed by atoms with van der Waals surface area (Å²) in [6.45, 7) is 5.39. The maximum Gasteiger partial charge on any atom is 0.187 e. The van der Waals surface area contributed by atoms with E-state index in [2.05, 4.69) is 15.3 Å². The van der Waals surface area contributed by atoms with Crippen molar-refractivity contribution in [1.29, 1.82) is 0 Å². The molecule has 1 saturated heterocycles. The Kier molecular flexibility index (Phi) is 3.66. The standard InChI is InChI=1S/C11H17FN4/c1-2-3-9-10(12)11(15-8-14-9)16-6-4-13-5-7-16/h8,13H,2-7H2,1H3. The van der Waals surface area contributed by atoms with Crippen molar-refractivity contribution in [3.63, 3.8) is 0 Å². The number of nitrogens with one attached hydrogen (secondary N) is 1. The van der Waals surface area contributed by atoms with Crippen LogP contribution < -0.4 is 10.2 Å². The van der Waals surface area contributed by atoms with Gasteiger partial charge in [0.15, 0.2) is 11.6 Å². The highest BCUT2D eigenvalue weighted by Gasteiger charge is 2.18. The lowest BCUT2D eigenvalue weighted by Gasteiger charge is -2.28. The number of halogens is 1. The van der Waals surface area contributed by atoms with Crippen LogP contribution in [0.5, 0.6) is 0 Å². The van der Waals surface area contributed by atoms with E-state index in [-0.39, 0.29) is 5.82 Å². The quantitative estimate of drug-likeness (QED) is 0.831. The van der Waals surface area contributed by atoms with Gasteiger partial charge in [-0.1, -0.05) is 13.3 Å². The average molecular weight is 224 g/mol. The van der Waals surface area contributed by atoms with Gasteiger partial charge in [0.2, 0.25) is 0 Å². The summed E-state index contributed by atoms with van der Waals surface area (Å²) in [5.74, 6) is 0.214. The van der Waals surface area contributed by atoms with Crippen LogP contribution in [0.1, 0.15) is 19.0 Å². The van der Waals surface area contributed by atoms with E-state index in [1.807, 2.05) is 11.8 Å². The minimum Gasteiger partial charge on any atom is -0.352 e. The Morgan fingerprint density at radius 3 is 2.81 bits per heavy atom. The third-order valence-electron chi connectivity index (χ3n) is 2.75. The summed E-state index contributed by atoms with van der Waals surface area (Å²) in [6, 6.07) is 0. The predicted octanol–water partition coefficient (Wildman–Crippen LogP) is 0.978. The van der Waals surface area contributed by atoms with Gasteiger partial charge >= 0.3 is 0 Å². The highest BCUT2D eigenvalue weighted by Crippen LogP contribution is 2.18. The highest BCUT2D eigenvalue weighted by atomic mass is 19.1. The normalized spacial score (nSPS) is 16.5. The van der Waals surface area contributed by atoms with Gasteiger partial charge in [-0.3, -0.25) is 0 Å². The number of piperazine rings is 1. The minimum atomic E-state index is -0.244. The first kappa shape index (κ1) is 11.3. The number of hydrogen-bond acceptors (Lipinski definition) is 4. The van der Waals surface area contributed by atoms with Gasteiger partial charge < -0.3 is 10.2 Å². The van der Waals surface area contributed by atoms with Gasteiger partial charge in [-0.15, -0.1) is 0 Å². The first-order chi connectivity index (χ1) is 7.83. The number of nitrogens with zero attached hydrogens (tertiary/aromatic N) is 3. The molecule has 0 amide bonds. The molecule has 0 aromatic carbocycles. The third kappa shape index (κ3) is 2.29. The van der Waals surface area contributed by atoms with Crippen LogP contribution in [-0.4, -0.2) is 36.1 Å². The molecular weight excluding hydrogens is 207 g/mol. The molecule has 0 aliphatic carbocycles. The van der Waals surface area contributed by atoms with Crippen molar-refractivity contribution in [3.05, 3.63) is 17.8 Å². The monoisotopic (exact) mass is 224 g/mol. The molecule has 4 nitrogen and oxygen atoms in total. The van der Waals surface area contributed by atoms with Gasteiger partial charge in [-0.05, 0) is 6.42 Å². The Bertz CT molecular complexity index is 350. The summed E-state index contributed by atoms with van der Waals surface area (Å²) < 4.78 is 14.1. The van der Waals surface area contributed by atoms with Crippen molar-refractivity contribution in [1.82, 2.24) is 15.3 Å². The predicted molar refractivity (Wildman–Crippen MR) is 61.1 cm³/mol. The number of aromatic nitrogens is 2. The van der Waals surface area contributed by atoms with Crippen LogP contribution in [0, 0.1) is 5.82 Å². The molecule has 0 bridgehead atoms. The zero-order valence-corrected chi connectivity index (χ0v) is 9.54. The number of hydrogen-bond donors (Lipinski definition) is 1. The van der Waals surface area contributed by atoms with Crippen molar-refractivity contribution in [2.24, 2.45) is 0 Å². The second-order valence-corrected chi connectivity index (χ2v) is 3.95. The lowest BCUT2D eigenvalue weighted by atomic mass is 10.2. The van der Waals surface area contributed by atoms with Gasteiger partial charge in [0.05, 0.1) is 5.69 Å². The van der Waals surface area contributed by atoms with Crippen LogP contribution in [0.25, 0.3) is 0 Å². The maximum atomic E-state index is 14.1. The minimum absolute atomic E-state index is 0.244. The van der Waals surface area contributed by atoms with Crippen LogP contribution in [0.2, 0.25) is 0 Å². The van der Waals surface area contributed by atoms with E-state index < -0.39 is 0 Å². The smallest absolute Gasteiger partial charge is 0.187 e. The van der Waals surface area contributed by atoms with Crippen molar-refractivity contribution < 1.29 is 4.39 Å². The van der Waals surface area contributed by atoms with E-state index in [0.29, 0.717) is 17.9 Å². The van der Waals surface area contributed by atoms with Crippen LogP contribution in [0.4, 0.5) is 10.2 Å². The largest absolute Gasteiger partial charge is 0.352 e. The molecule has 1 aliphatic heterocycles.